The van der Waals surface area contributed by atoms with Crippen LogP contribution in [0, 0.1) is 5.92 Å². The SMILES string of the molecule is C[C@H](CN(C)C)[C@@](O)(Cc1ccccc1)c1ccc(Cl)cc1. The van der Waals surface area contributed by atoms with E-state index in [0.717, 1.165) is 17.7 Å². The molecule has 2 atom stereocenters. The lowest BCUT2D eigenvalue weighted by molar-refractivity contribution is -0.0254. The summed E-state index contributed by atoms with van der Waals surface area (Å²) in [6, 6.07) is 17.7. The normalized spacial score (nSPS) is 15.5. The first-order valence-corrected chi connectivity index (χ1v) is 7.96. The Kier molecular flexibility index (Phi) is 5.63. The molecule has 0 aromatic heterocycles. The first-order chi connectivity index (χ1) is 10.4. The first-order valence-electron chi connectivity index (χ1n) is 7.59. The molecule has 0 radical (unpaired) electrons. The van der Waals surface area contributed by atoms with Crippen LogP contribution in [0.1, 0.15) is 18.1 Å². The van der Waals surface area contributed by atoms with Gasteiger partial charge in [-0.2, -0.15) is 0 Å². The van der Waals surface area contributed by atoms with Gasteiger partial charge in [0, 0.05) is 23.9 Å². The highest BCUT2D eigenvalue weighted by Crippen LogP contribution is 2.34. The molecule has 2 aromatic rings. The van der Waals surface area contributed by atoms with Gasteiger partial charge in [-0.25, -0.2) is 0 Å². The quantitative estimate of drug-likeness (QED) is 0.871. The second kappa shape index (κ2) is 7.28. The third kappa shape index (κ3) is 4.10. The fourth-order valence-corrected chi connectivity index (χ4v) is 3.03. The molecule has 2 aromatic carbocycles. The molecule has 0 aliphatic rings. The zero-order chi connectivity index (χ0) is 16.2. The van der Waals surface area contributed by atoms with E-state index >= 15 is 0 Å². The highest BCUT2D eigenvalue weighted by Gasteiger charge is 2.36. The zero-order valence-electron chi connectivity index (χ0n) is 13.5. The van der Waals surface area contributed by atoms with Crippen molar-refractivity contribution in [2.75, 3.05) is 20.6 Å². The summed E-state index contributed by atoms with van der Waals surface area (Å²) in [6.45, 7) is 2.91. The molecule has 118 valence electrons. The Bertz CT molecular complexity index is 582. The van der Waals surface area contributed by atoms with Gasteiger partial charge < -0.3 is 10.0 Å². The lowest BCUT2D eigenvalue weighted by Gasteiger charge is -2.36. The first kappa shape index (κ1) is 17.0. The maximum absolute atomic E-state index is 11.5. The summed E-state index contributed by atoms with van der Waals surface area (Å²) in [4.78, 5) is 2.11. The Hall–Kier alpha value is -1.35. The standard InChI is InChI=1S/C19H24ClNO/c1-15(14-21(2)3)19(22,13-16-7-5-4-6-8-16)17-9-11-18(20)12-10-17/h4-12,15,22H,13-14H2,1-3H3/t15-,19+/m1/s1. The van der Waals surface area contributed by atoms with Gasteiger partial charge in [-0.15, -0.1) is 0 Å². The topological polar surface area (TPSA) is 23.5 Å². The molecule has 0 bridgehead atoms. The molecule has 0 aliphatic heterocycles. The number of halogens is 1. The number of benzene rings is 2. The molecular formula is C19H24ClNO. The van der Waals surface area contributed by atoms with E-state index in [2.05, 4.69) is 24.0 Å². The van der Waals surface area contributed by atoms with Crippen molar-refractivity contribution < 1.29 is 5.11 Å². The molecule has 0 heterocycles. The van der Waals surface area contributed by atoms with Crippen molar-refractivity contribution in [2.45, 2.75) is 18.9 Å². The van der Waals surface area contributed by atoms with Crippen molar-refractivity contribution in [2.24, 2.45) is 5.92 Å². The minimum Gasteiger partial charge on any atom is -0.384 e. The Morgan fingerprint density at radius 2 is 1.64 bits per heavy atom. The zero-order valence-corrected chi connectivity index (χ0v) is 14.2. The van der Waals surface area contributed by atoms with Gasteiger partial charge in [0.05, 0.1) is 5.60 Å². The molecular weight excluding hydrogens is 294 g/mol. The molecule has 0 aliphatic carbocycles. The largest absolute Gasteiger partial charge is 0.384 e. The van der Waals surface area contributed by atoms with E-state index in [-0.39, 0.29) is 5.92 Å². The average molecular weight is 318 g/mol. The molecule has 0 fully saturated rings. The highest BCUT2D eigenvalue weighted by molar-refractivity contribution is 6.30. The van der Waals surface area contributed by atoms with Crippen LogP contribution in [0.5, 0.6) is 0 Å². The molecule has 0 saturated heterocycles. The summed E-state index contributed by atoms with van der Waals surface area (Å²) in [5.41, 5.74) is 1.12. The van der Waals surface area contributed by atoms with Crippen molar-refractivity contribution in [1.29, 1.82) is 0 Å². The van der Waals surface area contributed by atoms with E-state index < -0.39 is 5.60 Å². The molecule has 1 N–H and O–H groups in total. The maximum atomic E-state index is 11.5. The Morgan fingerprint density at radius 3 is 2.18 bits per heavy atom. The van der Waals surface area contributed by atoms with Crippen LogP contribution >= 0.6 is 11.6 Å². The third-order valence-corrected chi connectivity index (χ3v) is 4.37. The van der Waals surface area contributed by atoms with Crippen molar-refractivity contribution in [3.05, 3.63) is 70.7 Å². The van der Waals surface area contributed by atoms with Gasteiger partial charge in [0.25, 0.3) is 0 Å². The monoisotopic (exact) mass is 317 g/mol. The van der Waals surface area contributed by atoms with Gasteiger partial charge in [-0.1, -0.05) is 61.0 Å². The number of hydrogen-bond acceptors (Lipinski definition) is 2. The van der Waals surface area contributed by atoms with E-state index in [1.807, 2.05) is 56.6 Å². The Morgan fingerprint density at radius 1 is 1.05 bits per heavy atom. The van der Waals surface area contributed by atoms with Gasteiger partial charge in [0.15, 0.2) is 0 Å². The molecule has 2 rings (SSSR count). The molecule has 0 unspecified atom stereocenters. The van der Waals surface area contributed by atoms with E-state index in [1.54, 1.807) is 0 Å². The Labute approximate surface area is 138 Å². The van der Waals surface area contributed by atoms with Crippen molar-refractivity contribution in [3.63, 3.8) is 0 Å². The molecule has 2 nitrogen and oxygen atoms in total. The summed E-state index contributed by atoms with van der Waals surface area (Å²) in [6.07, 6.45) is 0.588. The maximum Gasteiger partial charge on any atom is 0.0974 e. The lowest BCUT2D eigenvalue weighted by atomic mass is 9.77. The predicted molar refractivity (Wildman–Crippen MR) is 93.2 cm³/mol. The van der Waals surface area contributed by atoms with Crippen LogP contribution in [0.15, 0.2) is 54.6 Å². The predicted octanol–water partition coefficient (Wildman–Crippen LogP) is 3.97. The molecule has 0 spiro atoms. The minimum atomic E-state index is -0.920. The highest BCUT2D eigenvalue weighted by atomic mass is 35.5. The van der Waals surface area contributed by atoms with Gasteiger partial charge in [0.1, 0.15) is 0 Å². The van der Waals surface area contributed by atoms with Crippen LogP contribution in [0.25, 0.3) is 0 Å². The van der Waals surface area contributed by atoms with E-state index in [1.165, 1.54) is 0 Å². The van der Waals surface area contributed by atoms with Crippen molar-refractivity contribution in [3.8, 4) is 0 Å². The van der Waals surface area contributed by atoms with Gasteiger partial charge in [-0.3, -0.25) is 0 Å². The number of aliphatic hydroxyl groups is 1. The Balaban J connectivity index is 2.36. The van der Waals surface area contributed by atoms with Crippen LogP contribution in [-0.2, 0) is 12.0 Å². The number of hydrogen-bond donors (Lipinski definition) is 1. The number of nitrogens with zero attached hydrogens (tertiary/aromatic N) is 1. The second-order valence-corrected chi connectivity index (χ2v) is 6.69. The smallest absolute Gasteiger partial charge is 0.0974 e. The summed E-state index contributed by atoms with van der Waals surface area (Å²) >= 11 is 6.00. The molecule has 0 saturated carbocycles. The number of rotatable bonds is 6. The third-order valence-electron chi connectivity index (χ3n) is 4.11. The van der Waals surface area contributed by atoms with Crippen molar-refractivity contribution in [1.82, 2.24) is 4.90 Å². The van der Waals surface area contributed by atoms with Gasteiger partial charge in [-0.05, 0) is 37.4 Å². The van der Waals surface area contributed by atoms with E-state index in [4.69, 9.17) is 11.6 Å². The molecule has 22 heavy (non-hydrogen) atoms. The lowest BCUT2D eigenvalue weighted by Crippen LogP contribution is -2.41. The van der Waals surface area contributed by atoms with E-state index in [9.17, 15) is 5.11 Å². The fourth-order valence-electron chi connectivity index (χ4n) is 2.91. The van der Waals surface area contributed by atoms with Crippen LogP contribution in [0.2, 0.25) is 5.02 Å². The van der Waals surface area contributed by atoms with Crippen molar-refractivity contribution >= 4 is 11.6 Å². The van der Waals surface area contributed by atoms with E-state index in [0.29, 0.717) is 11.4 Å². The van der Waals surface area contributed by atoms with Gasteiger partial charge >= 0.3 is 0 Å². The van der Waals surface area contributed by atoms with Gasteiger partial charge in [0.2, 0.25) is 0 Å². The summed E-state index contributed by atoms with van der Waals surface area (Å²) < 4.78 is 0. The summed E-state index contributed by atoms with van der Waals surface area (Å²) in [7, 11) is 4.06. The fraction of sp³-hybridized carbons (Fsp3) is 0.368. The summed E-state index contributed by atoms with van der Waals surface area (Å²) in [5, 5.41) is 12.2. The van der Waals surface area contributed by atoms with Crippen LogP contribution in [-0.4, -0.2) is 30.6 Å². The average Bonchev–Trinajstić information content (AvgIpc) is 2.48. The molecule has 3 heteroatoms. The minimum absolute atomic E-state index is 0.0869. The summed E-state index contributed by atoms with van der Waals surface area (Å²) in [5.74, 6) is 0.0869. The molecule has 0 amide bonds. The van der Waals surface area contributed by atoms with Crippen LogP contribution < -0.4 is 0 Å². The second-order valence-electron chi connectivity index (χ2n) is 6.26. The van der Waals surface area contributed by atoms with Crippen LogP contribution in [0.4, 0.5) is 0 Å². The van der Waals surface area contributed by atoms with Crippen LogP contribution in [0.3, 0.4) is 0 Å².